The van der Waals surface area contributed by atoms with Crippen LogP contribution in [0, 0.1) is 29.5 Å². The molecule has 0 aliphatic rings. The first-order valence-corrected chi connectivity index (χ1v) is 9.86. The highest BCUT2D eigenvalue weighted by Gasteiger charge is 2.21. The van der Waals surface area contributed by atoms with E-state index < -0.39 is 0 Å². The highest BCUT2D eigenvalue weighted by atomic mass is 19.1. The zero-order chi connectivity index (χ0) is 22.8. The second-order valence-electron chi connectivity index (χ2n) is 8.55. The van der Waals surface area contributed by atoms with Crippen LogP contribution in [0.4, 0.5) is 10.1 Å². The molecular formula is C24H27FN4O3. The molecule has 0 spiro atoms. The van der Waals surface area contributed by atoms with E-state index in [0.29, 0.717) is 40.6 Å². The number of anilines is 1. The molecule has 2 aromatic carbocycles. The van der Waals surface area contributed by atoms with E-state index in [9.17, 15) is 14.4 Å². The van der Waals surface area contributed by atoms with Crippen LogP contribution in [0.15, 0.2) is 48.7 Å². The summed E-state index contributed by atoms with van der Waals surface area (Å²) in [5.41, 5.74) is 2.50. The molecule has 0 radical (unpaired) electrons. The van der Waals surface area contributed by atoms with E-state index in [2.05, 4.69) is 11.2 Å². The largest absolute Gasteiger partial charge is 0.492 e. The van der Waals surface area contributed by atoms with Gasteiger partial charge >= 0.3 is 0 Å². The van der Waals surface area contributed by atoms with Crippen LogP contribution in [-0.4, -0.2) is 34.8 Å². The fourth-order valence-electron chi connectivity index (χ4n) is 2.93. The number of nitriles is 1. The summed E-state index contributed by atoms with van der Waals surface area (Å²) in [5.74, 6) is -0.118. The van der Waals surface area contributed by atoms with Crippen molar-refractivity contribution in [2.24, 2.45) is 5.41 Å². The fourth-order valence-corrected chi connectivity index (χ4v) is 2.93. The van der Waals surface area contributed by atoms with Crippen molar-refractivity contribution >= 4 is 11.6 Å². The Morgan fingerprint density at radius 3 is 2.47 bits per heavy atom. The maximum atomic E-state index is 13.2. The Labute approximate surface area is 187 Å². The van der Waals surface area contributed by atoms with Crippen LogP contribution in [-0.2, 0) is 0 Å². The summed E-state index contributed by atoms with van der Waals surface area (Å²) < 4.78 is 20.5. The van der Waals surface area contributed by atoms with Crippen LogP contribution in [0.2, 0.25) is 0 Å². The summed E-state index contributed by atoms with van der Waals surface area (Å²) in [7, 11) is 1.64. The van der Waals surface area contributed by atoms with E-state index in [1.54, 1.807) is 55.2 Å². The molecule has 3 aromatic rings. The summed E-state index contributed by atoms with van der Waals surface area (Å²) in [4.78, 5) is 14.6. The van der Waals surface area contributed by atoms with Gasteiger partial charge in [-0.15, -0.1) is 0 Å². The second-order valence-corrected chi connectivity index (χ2v) is 8.55. The SMILES string of the molecule is Cc1nn(-c2ccc(F)cc2)cc1C(=O)N(C)c1ccc(OCC(C)(C)C)c(C#N)c1.O. The van der Waals surface area contributed by atoms with Gasteiger partial charge in [0.15, 0.2) is 0 Å². The lowest BCUT2D eigenvalue weighted by Gasteiger charge is -2.21. The first-order valence-electron chi connectivity index (χ1n) is 9.86. The monoisotopic (exact) mass is 438 g/mol. The summed E-state index contributed by atoms with van der Waals surface area (Å²) in [6.07, 6.45) is 1.62. The average Bonchev–Trinajstić information content (AvgIpc) is 3.12. The van der Waals surface area contributed by atoms with E-state index in [-0.39, 0.29) is 22.6 Å². The number of carbonyl (C=O) groups excluding carboxylic acids is 1. The Kier molecular flexibility index (Phi) is 7.39. The van der Waals surface area contributed by atoms with Crippen LogP contribution < -0.4 is 9.64 Å². The third kappa shape index (κ3) is 5.50. The number of amides is 1. The number of nitrogens with zero attached hydrogens (tertiary/aromatic N) is 4. The summed E-state index contributed by atoms with van der Waals surface area (Å²) >= 11 is 0. The number of halogens is 1. The van der Waals surface area contributed by atoms with Crippen molar-refractivity contribution in [1.29, 1.82) is 5.26 Å². The Balaban J connectivity index is 0.00000363. The zero-order valence-electron chi connectivity index (χ0n) is 18.8. The quantitative estimate of drug-likeness (QED) is 0.599. The fraction of sp³-hybridized carbons (Fsp3) is 0.292. The van der Waals surface area contributed by atoms with Crippen LogP contribution in [0.3, 0.4) is 0 Å². The zero-order valence-corrected chi connectivity index (χ0v) is 18.8. The number of hydrogen-bond donors (Lipinski definition) is 0. The van der Waals surface area contributed by atoms with Crippen LogP contribution in [0.25, 0.3) is 5.69 Å². The van der Waals surface area contributed by atoms with Gasteiger partial charge in [0.1, 0.15) is 17.6 Å². The number of hydrogen-bond acceptors (Lipinski definition) is 4. The summed E-state index contributed by atoms with van der Waals surface area (Å²) in [6, 6.07) is 13.1. The van der Waals surface area contributed by atoms with Gasteiger partial charge in [-0.3, -0.25) is 4.79 Å². The normalized spacial score (nSPS) is 10.8. The number of rotatable bonds is 5. The van der Waals surface area contributed by atoms with Gasteiger partial charge in [-0.1, -0.05) is 20.8 Å². The lowest BCUT2D eigenvalue weighted by atomic mass is 9.98. The van der Waals surface area contributed by atoms with Gasteiger partial charge < -0.3 is 15.1 Å². The molecule has 0 fully saturated rings. The average molecular weight is 439 g/mol. The van der Waals surface area contributed by atoms with Crippen molar-refractivity contribution in [3.63, 3.8) is 0 Å². The maximum Gasteiger partial charge on any atom is 0.261 e. The van der Waals surface area contributed by atoms with E-state index in [4.69, 9.17) is 4.74 Å². The molecule has 2 N–H and O–H groups in total. The van der Waals surface area contributed by atoms with E-state index in [1.807, 2.05) is 20.8 Å². The van der Waals surface area contributed by atoms with Crippen molar-refractivity contribution in [3.8, 4) is 17.5 Å². The molecule has 1 aromatic heterocycles. The highest BCUT2D eigenvalue weighted by Crippen LogP contribution is 2.27. The molecule has 1 heterocycles. The van der Waals surface area contributed by atoms with Gasteiger partial charge in [-0.2, -0.15) is 10.4 Å². The smallest absolute Gasteiger partial charge is 0.261 e. The molecule has 0 atom stereocenters. The minimum atomic E-state index is -0.341. The van der Waals surface area contributed by atoms with Crippen molar-refractivity contribution in [3.05, 3.63) is 71.3 Å². The Morgan fingerprint density at radius 2 is 1.88 bits per heavy atom. The molecule has 7 nitrogen and oxygen atoms in total. The Morgan fingerprint density at radius 1 is 1.22 bits per heavy atom. The molecule has 0 saturated heterocycles. The molecule has 0 saturated carbocycles. The van der Waals surface area contributed by atoms with Crippen molar-refractivity contribution in [1.82, 2.24) is 9.78 Å². The predicted octanol–water partition coefficient (Wildman–Crippen LogP) is 4.07. The van der Waals surface area contributed by atoms with Crippen molar-refractivity contribution < 1.29 is 19.4 Å². The maximum absolute atomic E-state index is 13.2. The molecule has 0 unspecified atom stereocenters. The topological polar surface area (TPSA) is 103 Å². The van der Waals surface area contributed by atoms with Gasteiger partial charge in [0.2, 0.25) is 0 Å². The molecule has 32 heavy (non-hydrogen) atoms. The van der Waals surface area contributed by atoms with Gasteiger partial charge in [0.05, 0.1) is 29.1 Å². The molecule has 0 aliphatic heterocycles. The Bertz CT molecular complexity index is 1140. The van der Waals surface area contributed by atoms with Crippen LogP contribution >= 0.6 is 0 Å². The third-order valence-corrected chi connectivity index (χ3v) is 4.66. The Hall–Kier alpha value is -3.70. The van der Waals surface area contributed by atoms with Gasteiger partial charge in [-0.25, -0.2) is 9.07 Å². The predicted molar refractivity (Wildman–Crippen MR) is 121 cm³/mol. The molecular weight excluding hydrogens is 411 g/mol. The highest BCUT2D eigenvalue weighted by molar-refractivity contribution is 6.06. The standard InChI is InChI=1S/C24H25FN4O2.H2O/c1-16-21(14-29(27-16)19-8-6-18(25)7-9-19)23(30)28(5)20-10-11-22(17(12-20)13-26)31-15-24(2,3)4;/h6-12,14H,15H2,1-5H3;1H2. The van der Waals surface area contributed by atoms with Crippen molar-refractivity contribution in [2.75, 3.05) is 18.6 Å². The lowest BCUT2D eigenvalue weighted by Crippen LogP contribution is -2.26. The molecule has 1 amide bonds. The number of aromatic nitrogens is 2. The van der Waals surface area contributed by atoms with Crippen LogP contribution in [0.1, 0.15) is 42.4 Å². The number of carbonyl (C=O) groups is 1. The van der Waals surface area contributed by atoms with Crippen molar-refractivity contribution in [2.45, 2.75) is 27.7 Å². The minimum absolute atomic E-state index is 0. The third-order valence-electron chi connectivity index (χ3n) is 4.66. The van der Waals surface area contributed by atoms with E-state index in [1.165, 1.54) is 17.0 Å². The second kappa shape index (κ2) is 9.62. The number of benzene rings is 2. The lowest BCUT2D eigenvalue weighted by molar-refractivity contribution is 0.0992. The molecule has 168 valence electrons. The first-order chi connectivity index (χ1) is 14.6. The van der Waals surface area contributed by atoms with Gasteiger partial charge in [-0.05, 0) is 54.8 Å². The van der Waals surface area contributed by atoms with Gasteiger partial charge in [0.25, 0.3) is 5.91 Å². The summed E-state index contributed by atoms with van der Waals surface area (Å²) in [6.45, 7) is 8.36. The molecule has 0 aliphatic carbocycles. The minimum Gasteiger partial charge on any atom is -0.492 e. The van der Waals surface area contributed by atoms with Gasteiger partial charge in [0, 0.05) is 18.9 Å². The first kappa shape index (κ1) is 24.6. The van der Waals surface area contributed by atoms with Crippen LogP contribution in [0.5, 0.6) is 5.75 Å². The number of aryl methyl sites for hydroxylation is 1. The van der Waals surface area contributed by atoms with E-state index in [0.717, 1.165) is 0 Å². The summed E-state index contributed by atoms with van der Waals surface area (Å²) in [5, 5.41) is 13.9. The molecule has 3 rings (SSSR count). The molecule has 0 bridgehead atoms. The molecule has 8 heteroatoms. The van der Waals surface area contributed by atoms with E-state index >= 15 is 0 Å². The number of ether oxygens (including phenoxy) is 1.